The summed E-state index contributed by atoms with van der Waals surface area (Å²) >= 11 is 0. The molecule has 0 unspecified atom stereocenters. The second-order valence-corrected chi connectivity index (χ2v) is 5.90. The zero-order chi connectivity index (χ0) is 17.5. The van der Waals surface area contributed by atoms with Crippen LogP contribution in [0.5, 0.6) is 5.75 Å². The molecule has 1 aromatic carbocycles. The molecule has 24 heavy (non-hydrogen) atoms. The Kier molecular flexibility index (Phi) is 6.36. The minimum absolute atomic E-state index is 0.143. The van der Waals surface area contributed by atoms with E-state index in [-0.39, 0.29) is 11.4 Å². The van der Waals surface area contributed by atoms with Crippen LogP contribution in [0.1, 0.15) is 26.2 Å². The molecule has 0 aromatic heterocycles. The van der Waals surface area contributed by atoms with Gasteiger partial charge in [0.05, 0.1) is 18.1 Å². The molecule has 1 aliphatic heterocycles. The average Bonchev–Trinajstić information content (AvgIpc) is 2.56. The average molecular weight is 336 g/mol. The van der Waals surface area contributed by atoms with Crippen molar-refractivity contribution in [2.24, 2.45) is 0 Å². The number of rotatable bonds is 6. The topological polar surface area (TPSA) is 96.7 Å². The first-order valence-corrected chi connectivity index (χ1v) is 8.12. The zero-order valence-electron chi connectivity index (χ0n) is 14.1. The smallest absolute Gasteiger partial charge is 0.319 e. The third-order valence-corrected chi connectivity index (χ3v) is 4.27. The van der Waals surface area contributed by atoms with Gasteiger partial charge in [0.15, 0.2) is 0 Å². The third-order valence-electron chi connectivity index (χ3n) is 4.27. The van der Waals surface area contributed by atoms with Gasteiger partial charge in [-0.05, 0) is 38.4 Å². The molecule has 8 nitrogen and oxygen atoms in total. The fourth-order valence-corrected chi connectivity index (χ4v) is 2.86. The summed E-state index contributed by atoms with van der Waals surface area (Å²) in [4.78, 5) is 24.9. The van der Waals surface area contributed by atoms with Crippen LogP contribution < -0.4 is 15.4 Å². The van der Waals surface area contributed by atoms with Crippen LogP contribution in [-0.4, -0.2) is 48.6 Å². The molecule has 1 heterocycles. The fourth-order valence-electron chi connectivity index (χ4n) is 2.86. The monoisotopic (exact) mass is 336 g/mol. The quantitative estimate of drug-likeness (QED) is 0.615. The maximum absolute atomic E-state index is 12.0. The number of hydrogen-bond acceptors (Lipinski definition) is 5. The molecule has 1 fully saturated rings. The summed E-state index contributed by atoms with van der Waals surface area (Å²) in [6.45, 7) is 4.52. The number of nitro benzene ring substituents is 1. The number of anilines is 1. The predicted octanol–water partition coefficient (Wildman–Crippen LogP) is 2.60. The lowest BCUT2D eigenvalue weighted by Crippen LogP contribution is -2.43. The summed E-state index contributed by atoms with van der Waals surface area (Å²) < 4.78 is 4.97. The molecule has 0 aliphatic carbocycles. The van der Waals surface area contributed by atoms with Crippen molar-refractivity contribution in [1.82, 2.24) is 10.2 Å². The number of carbonyl (C=O) groups excluding carboxylic acids is 1. The van der Waals surface area contributed by atoms with E-state index in [1.54, 1.807) is 6.07 Å². The van der Waals surface area contributed by atoms with Crippen LogP contribution in [0.4, 0.5) is 16.2 Å². The highest BCUT2D eigenvalue weighted by Gasteiger charge is 2.19. The molecule has 2 amide bonds. The Morgan fingerprint density at radius 1 is 1.46 bits per heavy atom. The van der Waals surface area contributed by atoms with Gasteiger partial charge in [0.2, 0.25) is 0 Å². The molecular weight excluding hydrogens is 312 g/mol. The van der Waals surface area contributed by atoms with Gasteiger partial charge in [-0.3, -0.25) is 15.0 Å². The van der Waals surface area contributed by atoms with Crippen LogP contribution in [0.2, 0.25) is 0 Å². The number of benzene rings is 1. The van der Waals surface area contributed by atoms with E-state index in [2.05, 4.69) is 22.5 Å². The Morgan fingerprint density at radius 3 is 2.92 bits per heavy atom. The van der Waals surface area contributed by atoms with Gasteiger partial charge in [-0.15, -0.1) is 0 Å². The van der Waals surface area contributed by atoms with Crippen LogP contribution >= 0.6 is 0 Å². The fraction of sp³-hybridized carbons (Fsp3) is 0.562. The number of amides is 2. The summed E-state index contributed by atoms with van der Waals surface area (Å²) in [6, 6.07) is 4.39. The molecule has 1 aliphatic rings. The summed E-state index contributed by atoms with van der Waals surface area (Å²) in [5.74, 6) is 0.367. The van der Waals surface area contributed by atoms with E-state index in [4.69, 9.17) is 4.74 Å². The molecule has 8 heteroatoms. The molecular formula is C16H24N4O4. The summed E-state index contributed by atoms with van der Waals surface area (Å²) in [6.07, 6.45) is 3.63. The molecule has 132 valence electrons. The lowest BCUT2D eigenvalue weighted by Gasteiger charge is -2.33. The lowest BCUT2D eigenvalue weighted by molar-refractivity contribution is -0.384. The van der Waals surface area contributed by atoms with Crippen molar-refractivity contribution >= 4 is 17.4 Å². The largest absolute Gasteiger partial charge is 0.496 e. The van der Waals surface area contributed by atoms with Crippen molar-refractivity contribution in [3.8, 4) is 5.75 Å². The minimum atomic E-state index is -0.548. The number of ether oxygens (including phenoxy) is 1. The van der Waals surface area contributed by atoms with Gasteiger partial charge in [0.1, 0.15) is 11.4 Å². The highest BCUT2D eigenvalue weighted by Crippen LogP contribution is 2.28. The van der Waals surface area contributed by atoms with E-state index < -0.39 is 11.0 Å². The van der Waals surface area contributed by atoms with E-state index >= 15 is 0 Å². The van der Waals surface area contributed by atoms with Gasteiger partial charge in [0, 0.05) is 19.1 Å². The van der Waals surface area contributed by atoms with E-state index in [0.717, 1.165) is 13.1 Å². The number of urea groups is 1. The number of nitro groups is 1. The Labute approximate surface area is 141 Å². The van der Waals surface area contributed by atoms with Crippen molar-refractivity contribution in [1.29, 1.82) is 0 Å². The van der Waals surface area contributed by atoms with Crippen molar-refractivity contribution in [3.05, 3.63) is 28.3 Å². The van der Waals surface area contributed by atoms with Crippen LogP contribution in [-0.2, 0) is 0 Å². The number of nitrogens with zero attached hydrogens (tertiary/aromatic N) is 2. The summed E-state index contributed by atoms with van der Waals surface area (Å²) in [5.41, 5.74) is -0.0567. The molecule has 0 bridgehead atoms. The van der Waals surface area contributed by atoms with Gasteiger partial charge >= 0.3 is 6.03 Å². The maximum Gasteiger partial charge on any atom is 0.319 e. The van der Waals surface area contributed by atoms with Crippen LogP contribution in [0, 0.1) is 10.1 Å². The van der Waals surface area contributed by atoms with Gasteiger partial charge in [-0.2, -0.15) is 0 Å². The Morgan fingerprint density at radius 2 is 2.25 bits per heavy atom. The van der Waals surface area contributed by atoms with Gasteiger partial charge in [-0.25, -0.2) is 4.79 Å². The van der Waals surface area contributed by atoms with Crippen molar-refractivity contribution in [3.63, 3.8) is 0 Å². The van der Waals surface area contributed by atoms with Crippen molar-refractivity contribution in [2.45, 2.75) is 32.2 Å². The van der Waals surface area contributed by atoms with E-state index in [1.165, 1.54) is 38.5 Å². The van der Waals surface area contributed by atoms with Gasteiger partial charge in [-0.1, -0.05) is 6.42 Å². The molecule has 1 aromatic rings. The third kappa shape index (κ3) is 4.82. The zero-order valence-corrected chi connectivity index (χ0v) is 14.1. The predicted molar refractivity (Wildman–Crippen MR) is 91.6 cm³/mol. The number of nitrogens with one attached hydrogen (secondary N) is 2. The molecule has 0 spiro atoms. The molecule has 1 atom stereocenters. The molecule has 0 radical (unpaired) electrons. The lowest BCUT2D eigenvalue weighted by atomic mass is 10.0. The second-order valence-electron chi connectivity index (χ2n) is 5.90. The Bertz CT molecular complexity index is 593. The first-order valence-electron chi connectivity index (χ1n) is 8.12. The molecule has 0 saturated carbocycles. The molecule has 2 N–H and O–H groups in total. The second kappa shape index (κ2) is 8.49. The van der Waals surface area contributed by atoms with E-state index in [9.17, 15) is 14.9 Å². The first-order chi connectivity index (χ1) is 11.5. The van der Waals surface area contributed by atoms with Crippen LogP contribution in [0.3, 0.4) is 0 Å². The maximum atomic E-state index is 12.0. The number of hydrogen-bond donors (Lipinski definition) is 2. The van der Waals surface area contributed by atoms with Gasteiger partial charge < -0.3 is 15.4 Å². The Balaban J connectivity index is 1.87. The van der Waals surface area contributed by atoms with Crippen LogP contribution in [0.15, 0.2) is 18.2 Å². The number of likely N-dealkylation sites (tertiary alicyclic amines) is 1. The molecule has 1 saturated heterocycles. The summed E-state index contributed by atoms with van der Waals surface area (Å²) in [5, 5.41) is 16.4. The number of carbonyl (C=O) groups is 1. The SMILES string of the molecule is COc1ccc(NC(=O)NCCN2CCCC[C@H]2C)c([N+](=O)[O-])c1. The van der Waals surface area contributed by atoms with E-state index in [1.807, 2.05) is 0 Å². The summed E-state index contributed by atoms with van der Waals surface area (Å²) in [7, 11) is 1.43. The normalized spacial score (nSPS) is 18.0. The minimum Gasteiger partial charge on any atom is -0.496 e. The van der Waals surface area contributed by atoms with Crippen molar-refractivity contribution < 1.29 is 14.5 Å². The highest BCUT2D eigenvalue weighted by atomic mass is 16.6. The number of piperidine rings is 1. The standard InChI is InChI=1S/C16H24N4O4/c1-12-5-3-4-9-19(12)10-8-17-16(21)18-14-7-6-13(24-2)11-15(14)20(22)23/h6-7,11-12H,3-5,8-10H2,1-2H3,(H2,17,18,21)/t12-/m1/s1. The highest BCUT2D eigenvalue weighted by molar-refractivity contribution is 5.91. The Hall–Kier alpha value is -2.35. The van der Waals surface area contributed by atoms with Crippen LogP contribution in [0.25, 0.3) is 0 Å². The van der Waals surface area contributed by atoms with Gasteiger partial charge in [0.25, 0.3) is 5.69 Å². The first kappa shape index (κ1) is 18.0. The molecule has 2 rings (SSSR count). The number of methoxy groups -OCH3 is 1. The van der Waals surface area contributed by atoms with Crippen molar-refractivity contribution in [2.75, 3.05) is 32.1 Å². The van der Waals surface area contributed by atoms with E-state index in [0.29, 0.717) is 18.3 Å².